The van der Waals surface area contributed by atoms with Crippen molar-refractivity contribution in [2.24, 2.45) is 0 Å². The molecule has 1 heterocycles. The Bertz CT molecular complexity index is 421. The lowest BCUT2D eigenvalue weighted by Crippen LogP contribution is -2.32. The largest absolute Gasteiger partial charge is 0.354 e. The molecule has 1 aromatic rings. The van der Waals surface area contributed by atoms with Gasteiger partial charge in [0.2, 0.25) is 5.91 Å². The number of hydrogen-bond donors (Lipinski definition) is 2. The van der Waals surface area contributed by atoms with Gasteiger partial charge in [0, 0.05) is 43.5 Å². The van der Waals surface area contributed by atoms with Gasteiger partial charge in [-0.2, -0.15) is 0 Å². The zero-order chi connectivity index (χ0) is 14.4. The van der Waals surface area contributed by atoms with E-state index in [0.29, 0.717) is 13.0 Å². The molecule has 108 valence electrons. The molecular formula is C15H27N3O. The Hall–Kier alpha value is -1.29. The summed E-state index contributed by atoms with van der Waals surface area (Å²) in [5.74, 6) is 0.113. The molecule has 0 aliphatic rings. The zero-order valence-electron chi connectivity index (χ0n) is 12.8. The highest BCUT2D eigenvalue weighted by Crippen LogP contribution is 2.14. The van der Waals surface area contributed by atoms with Gasteiger partial charge in [0.05, 0.1) is 0 Å². The Morgan fingerprint density at radius 2 is 2.05 bits per heavy atom. The SMILES string of the molecule is CCn1c(C)cc(CNCCC(=O)NC(C)C)c1C. The maximum absolute atomic E-state index is 11.5. The lowest BCUT2D eigenvalue weighted by Gasteiger charge is -2.09. The first kappa shape index (κ1) is 15.8. The standard InChI is InChI=1S/C15H27N3O/c1-6-18-12(4)9-14(13(18)5)10-16-8-7-15(19)17-11(2)3/h9,11,16H,6-8,10H2,1-5H3,(H,17,19). The first-order valence-corrected chi connectivity index (χ1v) is 7.11. The van der Waals surface area contributed by atoms with Gasteiger partial charge in [0.1, 0.15) is 0 Å². The lowest BCUT2D eigenvalue weighted by molar-refractivity contribution is -0.121. The van der Waals surface area contributed by atoms with E-state index >= 15 is 0 Å². The number of nitrogens with zero attached hydrogens (tertiary/aromatic N) is 1. The molecule has 0 bridgehead atoms. The highest BCUT2D eigenvalue weighted by molar-refractivity contribution is 5.76. The van der Waals surface area contributed by atoms with Crippen molar-refractivity contribution in [3.05, 3.63) is 23.0 Å². The van der Waals surface area contributed by atoms with Crippen molar-refractivity contribution >= 4 is 5.91 Å². The molecule has 1 aromatic heterocycles. The molecule has 0 atom stereocenters. The Balaban J connectivity index is 2.36. The van der Waals surface area contributed by atoms with Gasteiger partial charge in [-0.1, -0.05) is 0 Å². The molecule has 19 heavy (non-hydrogen) atoms. The molecule has 1 amide bonds. The summed E-state index contributed by atoms with van der Waals surface area (Å²) in [6, 6.07) is 2.44. The summed E-state index contributed by atoms with van der Waals surface area (Å²) >= 11 is 0. The van der Waals surface area contributed by atoms with Crippen LogP contribution in [0, 0.1) is 13.8 Å². The number of aromatic nitrogens is 1. The van der Waals surface area contributed by atoms with Gasteiger partial charge in [-0.25, -0.2) is 0 Å². The van der Waals surface area contributed by atoms with Crippen LogP contribution in [0.5, 0.6) is 0 Å². The van der Waals surface area contributed by atoms with E-state index in [1.807, 2.05) is 13.8 Å². The van der Waals surface area contributed by atoms with Crippen molar-refractivity contribution in [3.63, 3.8) is 0 Å². The first-order chi connectivity index (χ1) is 8.95. The molecule has 0 spiro atoms. The van der Waals surface area contributed by atoms with Gasteiger partial charge in [-0.15, -0.1) is 0 Å². The predicted molar refractivity (Wildman–Crippen MR) is 79.2 cm³/mol. The van der Waals surface area contributed by atoms with Gasteiger partial charge >= 0.3 is 0 Å². The van der Waals surface area contributed by atoms with Crippen molar-refractivity contribution in [1.82, 2.24) is 15.2 Å². The van der Waals surface area contributed by atoms with Crippen molar-refractivity contribution in [1.29, 1.82) is 0 Å². The van der Waals surface area contributed by atoms with E-state index in [1.165, 1.54) is 17.0 Å². The van der Waals surface area contributed by atoms with E-state index in [9.17, 15) is 4.79 Å². The number of aryl methyl sites for hydroxylation is 1. The van der Waals surface area contributed by atoms with Gasteiger partial charge in [0.25, 0.3) is 0 Å². The number of hydrogen-bond acceptors (Lipinski definition) is 2. The summed E-state index contributed by atoms with van der Waals surface area (Å²) in [6.07, 6.45) is 0.532. The summed E-state index contributed by atoms with van der Waals surface area (Å²) in [6.45, 7) is 13.0. The number of carbonyl (C=O) groups excluding carboxylic acids is 1. The fourth-order valence-electron chi connectivity index (χ4n) is 2.36. The topological polar surface area (TPSA) is 46.1 Å². The van der Waals surface area contributed by atoms with E-state index in [4.69, 9.17) is 0 Å². The minimum absolute atomic E-state index is 0.113. The van der Waals surface area contributed by atoms with Crippen LogP contribution in [0.3, 0.4) is 0 Å². The summed E-state index contributed by atoms with van der Waals surface area (Å²) in [4.78, 5) is 11.5. The number of carbonyl (C=O) groups is 1. The Labute approximate surface area is 116 Å². The molecule has 4 nitrogen and oxygen atoms in total. The number of amides is 1. The first-order valence-electron chi connectivity index (χ1n) is 7.11. The smallest absolute Gasteiger partial charge is 0.221 e. The van der Waals surface area contributed by atoms with E-state index < -0.39 is 0 Å². The molecule has 1 rings (SSSR count). The van der Waals surface area contributed by atoms with Gasteiger partial charge in [0.15, 0.2) is 0 Å². The third kappa shape index (κ3) is 4.71. The number of rotatable bonds is 7. The monoisotopic (exact) mass is 265 g/mol. The van der Waals surface area contributed by atoms with E-state index in [1.54, 1.807) is 0 Å². The summed E-state index contributed by atoms with van der Waals surface area (Å²) in [5, 5.41) is 6.23. The van der Waals surface area contributed by atoms with Gasteiger partial charge in [-0.05, 0) is 46.2 Å². The van der Waals surface area contributed by atoms with Crippen LogP contribution < -0.4 is 10.6 Å². The molecule has 0 saturated carbocycles. The van der Waals surface area contributed by atoms with Gasteiger partial charge in [-0.3, -0.25) is 4.79 Å². The van der Waals surface area contributed by atoms with Gasteiger partial charge < -0.3 is 15.2 Å². The Kier molecular flexibility index (Phi) is 6.09. The quantitative estimate of drug-likeness (QED) is 0.742. The van der Waals surface area contributed by atoms with Crippen LogP contribution in [-0.4, -0.2) is 23.1 Å². The highest BCUT2D eigenvalue weighted by atomic mass is 16.1. The van der Waals surface area contributed by atoms with Crippen LogP contribution in [0.15, 0.2) is 6.07 Å². The Morgan fingerprint density at radius 1 is 1.37 bits per heavy atom. The molecule has 2 N–H and O–H groups in total. The van der Waals surface area contributed by atoms with Crippen LogP contribution >= 0.6 is 0 Å². The highest BCUT2D eigenvalue weighted by Gasteiger charge is 2.07. The normalized spacial score (nSPS) is 11.1. The van der Waals surface area contributed by atoms with E-state index in [0.717, 1.165) is 13.1 Å². The number of nitrogens with one attached hydrogen (secondary N) is 2. The van der Waals surface area contributed by atoms with Crippen molar-refractivity contribution in [2.45, 2.75) is 60.2 Å². The van der Waals surface area contributed by atoms with E-state index in [-0.39, 0.29) is 11.9 Å². The average molecular weight is 265 g/mol. The van der Waals surface area contributed by atoms with Crippen LogP contribution in [0.2, 0.25) is 0 Å². The maximum atomic E-state index is 11.5. The molecule has 0 unspecified atom stereocenters. The van der Waals surface area contributed by atoms with Crippen molar-refractivity contribution in [3.8, 4) is 0 Å². The third-order valence-electron chi connectivity index (χ3n) is 3.29. The second-order valence-corrected chi connectivity index (χ2v) is 5.29. The average Bonchev–Trinajstić information content (AvgIpc) is 2.58. The summed E-state index contributed by atoms with van der Waals surface area (Å²) in [5.41, 5.74) is 3.94. The minimum atomic E-state index is 0.113. The fourth-order valence-corrected chi connectivity index (χ4v) is 2.36. The molecule has 0 saturated heterocycles. The second-order valence-electron chi connectivity index (χ2n) is 5.29. The fraction of sp³-hybridized carbons (Fsp3) is 0.667. The van der Waals surface area contributed by atoms with Crippen LogP contribution in [0.25, 0.3) is 0 Å². The molecule has 4 heteroatoms. The minimum Gasteiger partial charge on any atom is -0.354 e. The Morgan fingerprint density at radius 3 is 2.58 bits per heavy atom. The third-order valence-corrected chi connectivity index (χ3v) is 3.29. The second kappa shape index (κ2) is 7.34. The zero-order valence-corrected chi connectivity index (χ0v) is 12.8. The molecule has 0 aliphatic carbocycles. The predicted octanol–water partition coefficient (Wildman–Crippen LogP) is 2.13. The van der Waals surface area contributed by atoms with E-state index in [2.05, 4.69) is 42.0 Å². The molecule has 0 aliphatic heterocycles. The molecule has 0 radical (unpaired) electrons. The maximum Gasteiger partial charge on any atom is 0.221 e. The van der Waals surface area contributed by atoms with Crippen LogP contribution in [-0.2, 0) is 17.9 Å². The van der Waals surface area contributed by atoms with Crippen molar-refractivity contribution < 1.29 is 4.79 Å². The van der Waals surface area contributed by atoms with Crippen LogP contribution in [0.1, 0.15) is 44.1 Å². The molecular weight excluding hydrogens is 238 g/mol. The van der Waals surface area contributed by atoms with Crippen LogP contribution in [0.4, 0.5) is 0 Å². The molecule has 0 aromatic carbocycles. The summed E-state index contributed by atoms with van der Waals surface area (Å²) < 4.78 is 2.31. The summed E-state index contributed by atoms with van der Waals surface area (Å²) in [7, 11) is 0. The van der Waals surface area contributed by atoms with Crippen molar-refractivity contribution in [2.75, 3.05) is 6.54 Å². The molecule has 0 fully saturated rings. The lowest BCUT2D eigenvalue weighted by atomic mass is 10.2.